The molecule has 0 amide bonds. The van der Waals surface area contributed by atoms with Gasteiger partial charge in [-0.1, -0.05) is 13.8 Å². The van der Waals surface area contributed by atoms with E-state index in [0.717, 1.165) is 29.6 Å². The van der Waals surface area contributed by atoms with Gasteiger partial charge in [0.2, 0.25) is 0 Å². The number of hydrogen-bond donors (Lipinski definition) is 1. The molecule has 2 bridgehead atoms. The molecular formula is C9H17N. The second kappa shape index (κ2) is 1.76. The van der Waals surface area contributed by atoms with Crippen LogP contribution < -0.4 is 5.73 Å². The highest BCUT2D eigenvalue weighted by atomic mass is 14.8. The molecule has 1 atom stereocenters. The van der Waals surface area contributed by atoms with Gasteiger partial charge in [-0.3, -0.25) is 0 Å². The van der Waals surface area contributed by atoms with Crippen LogP contribution in [0.3, 0.4) is 0 Å². The summed E-state index contributed by atoms with van der Waals surface area (Å²) in [7, 11) is 0. The SMILES string of the molecule is CC(N)C1C2[C@H](C)[C@H]1[C@H]2C. The Kier molecular flexibility index (Phi) is 1.17. The largest absolute Gasteiger partial charge is 0.328 e. The molecule has 0 aromatic rings. The first-order valence-electron chi connectivity index (χ1n) is 4.40. The highest BCUT2D eigenvalue weighted by molar-refractivity contribution is 5.13. The fourth-order valence-corrected chi connectivity index (χ4v) is 3.39. The van der Waals surface area contributed by atoms with E-state index in [2.05, 4.69) is 20.8 Å². The molecular weight excluding hydrogens is 122 g/mol. The molecule has 3 saturated carbocycles. The van der Waals surface area contributed by atoms with Crippen LogP contribution in [0.4, 0.5) is 0 Å². The lowest BCUT2D eigenvalue weighted by Gasteiger charge is -2.70. The average Bonchev–Trinajstić information content (AvgIpc) is 1.78. The van der Waals surface area contributed by atoms with Crippen molar-refractivity contribution in [1.29, 1.82) is 0 Å². The van der Waals surface area contributed by atoms with Crippen molar-refractivity contribution in [3.8, 4) is 0 Å². The van der Waals surface area contributed by atoms with Crippen molar-refractivity contribution in [2.75, 3.05) is 0 Å². The molecule has 3 rings (SSSR count). The summed E-state index contributed by atoms with van der Waals surface area (Å²) in [5.41, 5.74) is 5.84. The molecule has 58 valence electrons. The molecule has 0 spiro atoms. The Morgan fingerprint density at radius 1 is 1.10 bits per heavy atom. The highest BCUT2D eigenvalue weighted by Crippen LogP contribution is 2.67. The monoisotopic (exact) mass is 139 g/mol. The Balaban J connectivity index is 2.00. The van der Waals surface area contributed by atoms with Gasteiger partial charge >= 0.3 is 0 Å². The van der Waals surface area contributed by atoms with Crippen LogP contribution in [0.2, 0.25) is 0 Å². The van der Waals surface area contributed by atoms with Crippen LogP contribution in [0.1, 0.15) is 20.8 Å². The molecule has 1 heteroatoms. The Bertz CT molecular complexity index is 120. The fourth-order valence-electron chi connectivity index (χ4n) is 3.39. The van der Waals surface area contributed by atoms with Crippen molar-refractivity contribution in [3.05, 3.63) is 0 Å². The second-order valence-corrected chi connectivity index (χ2v) is 4.31. The van der Waals surface area contributed by atoms with Crippen LogP contribution in [0.25, 0.3) is 0 Å². The summed E-state index contributed by atoms with van der Waals surface area (Å²) < 4.78 is 0. The fraction of sp³-hybridized carbons (Fsp3) is 1.00. The minimum atomic E-state index is 0.447. The molecule has 3 aliphatic rings. The first-order valence-corrected chi connectivity index (χ1v) is 4.40. The van der Waals surface area contributed by atoms with Crippen molar-refractivity contribution in [2.24, 2.45) is 35.3 Å². The zero-order valence-electron chi connectivity index (χ0n) is 7.04. The van der Waals surface area contributed by atoms with E-state index in [0.29, 0.717) is 6.04 Å². The van der Waals surface area contributed by atoms with Gasteiger partial charge in [0.05, 0.1) is 0 Å². The Labute approximate surface area is 63.0 Å². The molecule has 0 aromatic carbocycles. The summed E-state index contributed by atoms with van der Waals surface area (Å²) in [6.45, 7) is 6.89. The minimum Gasteiger partial charge on any atom is -0.328 e. The van der Waals surface area contributed by atoms with Gasteiger partial charge in [-0.05, 0) is 36.5 Å². The third kappa shape index (κ3) is 0.493. The van der Waals surface area contributed by atoms with Gasteiger partial charge in [-0.25, -0.2) is 0 Å². The molecule has 0 aliphatic heterocycles. The van der Waals surface area contributed by atoms with E-state index < -0.39 is 0 Å². The lowest BCUT2D eigenvalue weighted by Crippen LogP contribution is -2.69. The van der Waals surface area contributed by atoms with Crippen LogP contribution in [-0.2, 0) is 0 Å². The van der Waals surface area contributed by atoms with Gasteiger partial charge in [-0.15, -0.1) is 0 Å². The smallest absolute Gasteiger partial charge is 0.00444 e. The van der Waals surface area contributed by atoms with E-state index in [9.17, 15) is 0 Å². The first-order chi connectivity index (χ1) is 4.64. The predicted octanol–water partition coefficient (Wildman–Crippen LogP) is 1.48. The molecule has 1 unspecified atom stereocenters. The molecule has 1 nitrogen and oxygen atoms in total. The lowest BCUT2D eigenvalue weighted by molar-refractivity contribution is -0.222. The predicted molar refractivity (Wildman–Crippen MR) is 42.4 cm³/mol. The van der Waals surface area contributed by atoms with Crippen molar-refractivity contribution in [2.45, 2.75) is 26.8 Å². The Morgan fingerprint density at radius 3 is 1.60 bits per heavy atom. The van der Waals surface area contributed by atoms with E-state index in [1.807, 2.05) is 0 Å². The van der Waals surface area contributed by atoms with Gasteiger partial charge < -0.3 is 5.73 Å². The van der Waals surface area contributed by atoms with Gasteiger partial charge in [0.25, 0.3) is 0 Å². The summed E-state index contributed by atoms with van der Waals surface area (Å²) in [5, 5.41) is 0. The normalized spacial score (nSPS) is 60.6. The van der Waals surface area contributed by atoms with Gasteiger partial charge in [-0.2, -0.15) is 0 Å². The van der Waals surface area contributed by atoms with Crippen LogP contribution in [0.15, 0.2) is 0 Å². The maximum atomic E-state index is 5.84. The van der Waals surface area contributed by atoms with E-state index in [1.54, 1.807) is 0 Å². The molecule has 10 heavy (non-hydrogen) atoms. The van der Waals surface area contributed by atoms with Crippen molar-refractivity contribution in [3.63, 3.8) is 0 Å². The van der Waals surface area contributed by atoms with Gasteiger partial charge in [0.15, 0.2) is 0 Å². The molecule has 0 heterocycles. The van der Waals surface area contributed by atoms with E-state index in [1.165, 1.54) is 0 Å². The van der Waals surface area contributed by atoms with Crippen LogP contribution in [0.5, 0.6) is 0 Å². The molecule has 0 radical (unpaired) electrons. The third-order valence-electron chi connectivity index (χ3n) is 3.92. The summed E-state index contributed by atoms with van der Waals surface area (Å²) in [6, 6.07) is 0.447. The zero-order chi connectivity index (χ0) is 7.46. The maximum Gasteiger partial charge on any atom is 0.00444 e. The van der Waals surface area contributed by atoms with Crippen molar-refractivity contribution in [1.82, 2.24) is 0 Å². The number of hydrogen-bond acceptors (Lipinski definition) is 1. The van der Waals surface area contributed by atoms with Crippen molar-refractivity contribution >= 4 is 0 Å². The number of rotatable bonds is 1. The van der Waals surface area contributed by atoms with Gasteiger partial charge in [0, 0.05) is 6.04 Å². The van der Waals surface area contributed by atoms with E-state index >= 15 is 0 Å². The summed E-state index contributed by atoms with van der Waals surface area (Å²) in [6.07, 6.45) is 0. The molecule has 3 fully saturated rings. The van der Waals surface area contributed by atoms with E-state index in [4.69, 9.17) is 5.73 Å². The summed E-state index contributed by atoms with van der Waals surface area (Å²) >= 11 is 0. The first kappa shape index (κ1) is 6.66. The van der Waals surface area contributed by atoms with Crippen LogP contribution >= 0.6 is 0 Å². The topological polar surface area (TPSA) is 26.0 Å². The van der Waals surface area contributed by atoms with E-state index in [-0.39, 0.29) is 0 Å². The second-order valence-electron chi connectivity index (χ2n) is 4.31. The summed E-state index contributed by atoms with van der Waals surface area (Å²) in [5.74, 6) is 4.82. The quantitative estimate of drug-likeness (QED) is 0.585. The third-order valence-corrected chi connectivity index (χ3v) is 3.92. The molecule has 2 N–H and O–H groups in total. The summed E-state index contributed by atoms with van der Waals surface area (Å²) in [4.78, 5) is 0. The number of nitrogens with two attached hydrogens (primary N) is 1. The Hall–Kier alpha value is -0.0400. The molecule has 0 saturated heterocycles. The van der Waals surface area contributed by atoms with Crippen LogP contribution in [-0.4, -0.2) is 6.04 Å². The molecule has 3 aliphatic carbocycles. The highest BCUT2D eigenvalue weighted by Gasteiger charge is 2.64. The van der Waals surface area contributed by atoms with Crippen LogP contribution in [0, 0.1) is 29.6 Å². The van der Waals surface area contributed by atoms with Crippen molar-refractivity contribution < 1.29 is 0 Å². The maximum absolute atomic E-state index is 5.84. The molecule has 0 aromatic heterocycles. The van der Waals surface area contributed by atoms with Gasteiger partial charge in [0.1, 0.15) is 0 Å². The minimum absolute atomic E-state index is 0.447. The zero-order valence-corrected chi connectivity index (χ0v) is 7.04. The lowest BCUT2D eigenvalue weighted by atomic mass is 9.35. The Morgan fingerprint density at radius 2 is 1.50 bits per heavy atom. The standard InChI is InChI=1S/C9H17N/c1-4-7-5(2)8(4)9(7)6(3)10/h4-9H,10H2,1-3H3/t4-,5-,6?,7-,8?,9?/m1/s1. The average molecular weight is 139 g/mol.